The molecule has 0 bridgehead atoms. The van der Waals surface area contributed by atoms with Crippen LogP contribution in [0.25, 0.3) is 6.08 Å². The summed E-state index contributed by atoms with van der Waals surface area (Å²) >= 11 is 0. The summed E-state index contributed by atoms with van der Waals surface area (Å²) in [5.41, 5.74) is 1.17. The van der Waals surface area contributed by atoms with Gasteiger partial charge in [0.1, 0.15) is 0 Å². The number of hydrogen-bond donors (Lipinski definition) is 0. The first kappa shape index (κ1) is 12.8. The molecule has 0 aromatic heterocycles. The summed E-state index contributed by atoms with van der Waals surface area (Å²) in [6.07, 6.45) is 5.27. The molecule has 0 heterocycles. The molecule has 0 radical (unpaired) electrons. The molecule has 0 amide bonds. The standard InChI is InChI=1S/C8H8.C4H5NO2/c1-2-8-6-4-3-5-7-8;1-2-3-4-5(6)7/h2-7H,1H2;2-4H,1H2. The highest BCUT2D eigenvalue weighted by molar-refractivity contribution is 5.45. The van der Waals surface area contributed by atoms with Crippen LogP contribution in [0.1, 0.15) is 5.56 Å². The SMILES string of the molecule is C=CC=C[N+](=O)[O-].C=Cc1ccccc1. The smallest absolute Gasteiger partial charge is 0.234 e. The Morgan fingerprint density at radius 1 is 1.20 bits per heavy atom. The van der Waals surface area contributed by atoms with Crippen LogP contribution in [0.5, 0.6) is 0 Å². The van der Waals surface area contributed by atoms with Crippen molar-refractivity contribution in [2.45, 2.75) is 0 Å². The fourth-order valence-corrected chi connectivity index (χ4v) is 0.720. The molecule has 0 saturated heterocycles. The van der Waals surface area contributed by atoms with Gasteiger partial charge in [-0.15, -0.1) is 0 Å². The van der Waals surface area contributed by atoms with E-state index in [-0.39, 0.29) is 0 Å². The van der Waals surface area contributed by atoms with Crippen molar-refractivity contribution in [1.29, 1.82) is 0 Å². The molecule has 0 spiro atoms. The van der Waals surface area contributed by atoms with E-state index in [2.05, 4.69) is 13.2 Å². The topological polar surface area (TPSA) is 43.1 Å². The molecule has 1 rings (SSSR count). The summed E-state index contributed by atoms with van der Waals surface area (Å²) in [7, 11) is 0. The summed E-state index contributed by atoms with van der Waals surface area (Å²) in [5, 5.41) is 9.43. The zero-order valence-electron chi connectivity index (χ0n) is 8.37. The van der Waals surface area contributed by atoms with Crippen LogP contribution >= 0.6 is 0 Å². The third-order valence-corrected chi connectivity index (χ3v) is 1.38. The minimum absolute atomic E-state index is 0.540. The van der Waals surface area contributed by atoms with Gasteiger partial charge in [-0.05, 0) is 5.56 Å². The monoisotopic (exact) mass is 203 g/mol. The Morgan fingerprint density at radius 2 is 1.80 bits per heavy atom. The van der Waals surface area contributed by atoms with Crippen molar-refractivity contribution in [3.63, 3.8) is 0 Å². The van der Waals surface area contributed by atoms with Crippen molar-refractivity contribution in [2.24, 2.45) is 0 Å². The number of nitrogens with zero attached hydrogens (tertiary/aromatic N) is 1. The Labute approximate surface area is 89.2 Å². The largest absolute Gasteiger partial charge is 0.259 e. The molecule has 1 aromatic carbocycles. The van der Waals surface area contributed by atoms with E-state index >= 15 is 0 Å². The first-order valence-electron chi connectivity index (χ1n) is 4.31. The molecule has 78 valence electrons. The lowest BCUT2D eigenvalue weighted by Crippen LogP contribution is -1.79. The fourth-order valence-electron chi connectivity index (χ4n) is 0.720. The highest BCUT2D eigenvalue weighted by Gasteiger charge is 1.76. The maximum Gasteiger partial charge on any atom is 0.234 e. The molecule has 0 unspecified atom stereocenters. The molecule has 0 fully saturated rings. The van der Waals surface area contributed by atoms with Gasteiger partial charge >= 0.3 is 0 Å². The Kier molecular flexibility index (Phi) is 7.22. The third kappa shape index (κ3) is 8.18. The van der Waals surface area contributed by atoms with Crippen molar-refractivity contribution >= 4 is 6.08 Å². The number of nitro groups is 1. The van der Waals surface area contributed by atoms with Gasteiger partial charge in [0.05, 0.1) is 4.92 Å². The van der Waals surface area contributed by atoms with Crippen molar-refractivity contribution in [1.82, 2.24) is 0 Å². The molecule has 1 aromatic rings. The Hall–Kier alpha value is -2.16. The quantitative estimate of drug-likeness (QED) is 0.429. The first-order chi connectivity index (χ1) is 7.20. The minimum atomic E-state index is -0.540. The molecule has 0 aliphatic carbocycles. The van der Waals surface area contributed by atoms with E-state index in [1.54, 1.807) is 0 Å². The highest BCUT2D eigenvalue weighted by Crippen LogP contribution is 1.97. The van der Waals surface area contributed by atoms with E-state index < -0.39 is 4.92 Å². The number of hydrogen-bond acceptors (Lipinski definition) is 2. The maximum absolute atomic E-state index is 9.43. The number of benzene rings is 1. The number of rotatable bonds is 3. The molecule has 3 nitrogen and oxygen atoms in total. The third-order valence-electron chi connectivity index (χ3n) is 1.38. The predicted octanol–water partition coefficient (Wildman–Crippen LogP) is 3.29. The van der Waals surface area contributed by atoms with E-state index in [4.69, 9.17) is 0 Å². The van der Waals surface area contributed by atoms with Crippen LogP contribution in [-0.2, 0) is 0 Å². The summed E-state index contributed by atoms with van der Waals surface area (Å²) in [6.45, 7) is 6.87. The fraction of sp³-hybridized carbons (Fsp3) is 0. The molecule has 0 N–H and O–H groups in total. The Balaban J connectivity index is 0.000000265. The van der Waals surface area contributed by atoms with Crippen LogP contribution in [0.4, 0.5) is 0 Å². The van der Waals surface area contributed by atoms with Crippen LogP contribution in [-0.4, -0.2) is 4.92 Å². The Bertz CT molecular complexity index is 342. The van der Waals surface area contributed by atoms with Gasteiger partial charge in [-0.2, -0.15) is 0 Å². The summed E-state index contributed by atoms with van der Waals surface area (Å²) in [6, 6.07) is 10.0. The zero-order valence-corrected chi connectivity index (χ0v) is 8.37. The van der Waals surface area contributed by atoms with Crippen LogP contribution in [0, 0.1) is 10.1 Å². The van der Waals surface area contributed by atoms with Crippen LogP contribution in [0.2, 0.25) is 0 Å². The van der Waals surface area contributed by atoms with Gasteiger partial charge in [0.15, 0.2) is 0 Å². The van der Waals surface area contributed by atoms with Gasteiger partial charge in [0, 0.05) is 6.08 Å². The predicted molar refractivity (Wildman–Crippen MR) is 62.9 cm³/mol. The lowest BCUT2D eigenvalue weighted by molar-refractivity contribution is -0.402. The van der Waals surface area contributed by atoms with E-state index in [1.165, 1.54) is 17.7 Å². The van der Waals surface area contributed by atoms with Crippen LogP contribution in [0.3, 0.4) is 0 Å². The second kappa shape index (κ2) is 8.44. The van der Waals surface area contributed by atoms with Crippen molar-refractivity contribution < 1.29 is 4.92 Å². The van der Waals surface area contributed by atoms with Crippen molar-refractivity contribution in [3.8, 4) is 0 Å². The van der Waals surface area contributed by atoms with Gasteiger partial charge in [-0.25, -0.2) is 0 Å². The maximum atomic E-state index is 9.43. The Morgan fingerprint density at radius 3 is 2.07 bits per heavy atom. The van der Waals surface area contributed by atoms with Gasteiger partial charge in [-0.1, -0.05) is 55.6 Å². The van der Waals surface area contributed by atoms with Gasteiger partial charge in [0.25, 0.3) is 0 Å². The van der Waals surface area contributed by atoms with Crippen molar-refractivity contribution in [3.05, 3.63) is 77.5 Å². The average Bonchev–Trinajstić information content (AvgIpc) is 2.28. The molecule has 0 atom stereocenters. The lowest BCUT2D eigenvalue weighted by atomic mass is 10.2. The normalized spacial score (nSPS) is 8.80. The second-order valence-corrected chi connectivity index (χ2v) is 2.48. The van der Waals surface area contributed by atoms with E-state index in [9.17, 15) is 10.1 Å². The summed E-state index contributed by atoms with van der Waals surface area (Å²) in [4.78, 5) is 8.89. The van der Waals surface area contributed by atoms with E-state index in [0.29, 0.717) is 0 Å². The first-order valence-corrected chi connectivity index (χ1v) is 4.31. The molecule has 0 aliphatic rings. The van der Waals surface area contributed by atoms with Crippen LogP contribution in [0.15, 0.2) is 61.8 Å². The lowest BCUT2D eigenvalue weighted by Gasteiger charge is -1.85. The molecule has 15 heavy (non-hydrogen) atoms. The zero-order chi connectivity index (χ0) is 11.5. The van der Waals surface area contributed by atoms with Gasteiger partial charge < -0.3 is 0 Å². The van der Waals surface area contributed by atoms with Crippen molar-refractivity contribution in [2.75, 3.05) is 0 Å². The van der Waals surface area contributed by atoms with E-state index in [1.807, 2.05) is 36.4 Å². The molecular formula is C12H13NO2. The second-order valence-electron chi connectivity index (χ2n) is 2.48. The molecular weight excluding hydrogens is 190 g/mol. The highest BCUT2D eigenvalue weighted by atomic mass is 16.6. The molecule has 3 heteroatoms. The van der Waals surface area contributed by atoms with Gasteiger partial charge in [0.2, 0.25) is 6.20 Å². The molecule has 0 saturated carbocycles. The van der Waals surface area contributed by atoms with Crippen LogP contribution < -0.4 is 0 Å². The minimum Gasteiger partial charge on any atom is -0.259 e. The van der Waals surface area contributed by atoms with Gasteiger partial charge in [-0.3, -0.25) is 10.1 Å². The number of allylic oxidation sites excluding steroid dienone is 2. The molecule has 0 aliphatic heterocycles. The summed E-state index contributed by atoms with van der Waals surface area (Å²) in [5.74, 6) is 0. The van der Waals surface area contributed by atoms with E-state index in [0.717, 1.165) is 6.20 Å². The average molecular weight is 203 g/mol. The summed E-state index contributed by atoms with van der Waals surface area (Å²) < 4.78 is 0.